The SMILES string of the molecule is CC(=O)C1CCCCCC1.CC(=O)CC1CC1.Cc1ccc(C(C)C)cc1. The average molecular weight is 373 g/mol. The van der Waals surface area contributed by atoms with Crippen LogP contribution in [-0.4, -0.2) is 11.6 Å². The van der Waals surface area contributed by atoms with Gasteiger partial charge >= 0.3 is 0 Å². The zero-order chi connectivity index (χ0) is 20.2. The minimum Gasteiger partial charge on any atom is -0.300 e. The summed E-state index contributed by atoms with van der Waals surface area (Å²) in [5.74, 6) is 2.59. The fourth-order valence-electron chi connectivity index (χ4n) is 3.37. The van der Waals surface area contributed by atoms with Gasteiger partial charge in [0.15, 0.2) is 0 Å². The standard InChI is InChI=1S/C10H14.C9H16O.C6H10O/c1-8(2)10-6-4-9(3)5-7-10;1-8(10)9-6-4-2-3-5-7-9;1-5(7)4-6-2-3-6/h4-8H,1-3H3;9H,2-7H2,1H3;6H,2-4H2,1H3. The number of aryl methyl sites for hydroxylation is 1. The van der Waals surface area contributed by atoms with E-state index >= 15 is 0 Å². The monoisotopic (exact) mass is 372 g/mol. The Balaban J connectivity index is 0.000000206. The number of hydrogen-bond acceptors (Lipinski definition) is 2. The summed E-state index contributed by atoms with van der Waals surface area (Å²) in [7, 11) is 0. The normalized spacial score (nSPS) is 17.1. The molecule has 152 valence electrons. The third kappa shape index (κ3) is 11.8. The first-order valence-electron chi connectivity index (χ1n) is 10.9. The van der Waals surface area contributed by atoms with Crippen LogP contribution in [0.2, 0.25) is 0 Å². The predicted molar refractivity (Wildman–Crippen MR) is 115 cm³/mol. The molecule has 0 heterocycles. The highest BCUT2D eigenvalue weighted by Crippen LogP contribution is 2.32. The molecule has 0 unspecified atom stereocenters. The molecule has 0 radical (unpaired) electrons. The van der Waals surface area contributed by atoms with Crippen LogP contribution >= 0.6 is 0 Å². The van der Waals surface area contributed by atoms with Gasteiger partial charge in [-0.3, -0.25) is 4.79 Å². The number of carbonyl (C=O) groups excluding carboxylic acids is 2. The molecule has 0 atom stereocenters. The van der Waals surface area contributed by atoms with Gasteiger partial charge in [-0.15, -0.1) is 0 Å². The molecule has 1 aromatic carbocycles. The molecule has 2 fully saturated rings. The molecular formula is C25H40O2. The van der Waals surface area contributed by atoms with Crippen LogP contribution in [0.5, 0.6) is 0 Å². The van der Waals surface area contributed by atoms with E-state index in [0.717, 1.165) is 25.2 Å². The van der Waals surface area contributed by atoms with Gasteiger partial charge in [-0.2, -0.15) is 0 Å². The van der Waals surface area contributed by atoms with Crippen molar-refractivity contribution in [3.05, 3.63) is 35.4 Å². The summed E-state index contributed by atoms with van der Waals surface area (Å²) < 4.78 is 0. The molecule has 0 aliphatic heterocycles. The van der Waals surface area contributed by atoms with Crippen molar-refractivity contribution in [3.63, 3.8) is 0 Å². The van der Waals surface area contributed by atoms with Crippen molar-refractivity contribution in [1.29, 1.82) is 0 Å². The molecular weight excluding hydrogens is 332 g/mol. The summed E-state index contributed by atoms with van der Waals surface area (Å²) in [5.41, 5.74) is 2.76. The molecule has 0 bridgehead atoms. The molecule has 0 N–H and O–H groups in total. The Morgan fingerprint density at radius 1 is 0.889 bits per heavy atom. The first-order valence-corrected chi connectivity index (χ1v) is 10.9. The largest absolute Gasteiger partial charge is 0.300 e. The molecule has 0 spiro atoms. The van der Waals surface area contributed by atoms with Gasteiger partial charge in [0.1, 0.15) is 11.6 Å². The van der Waals surface area contributed by atoms with Gasteiger partial charge in [0.05, 0.1) is 0 Å². The van der Waals surface area contributed by atoms with Crippen molar-refractivity contribution in [1.82, 2.24) is 0 Å². The number of ketones is 2. The highest BCUT2D eigenvalue weighted by molar-refractivity contribution is 5.78. The van der Waals surface area contributed by atoms with Crippen molar-refractivity contribution in [2.75, 3.05) is 0 Å². The summed E-state index contributed by atoms with van der Waals surface area (Å²) in [4.78, 5) is 21.2. The van der Waals surface area contributed by atoms with Crippen LogP contribution in [0.15, 0.2) is 24.3 Å². The smallest absolute Gasteiger partial charge is 0.132 e. The molecule has 3 rings (SSSR count). The van der Waals surface area contributed by atoms with Gasteiger partial charge < -0.3 is 4.79 Å². The van der Waals surface area contributed by atoms with Crippen LogP contribution < -0.4 is 0 Å². The van der Waals surface area contributed by atoms with Gasteiger partial charge in [0.25, 0.3) is 0 Å². The maximum Gasteiger partial charge on any atom is 0.132 e. The lowest BCUT2D eigenvalue weighted by atomic mass is 9.97. The Morgan fingerprint density at radius 3 is 1.74 bits per heavy atom. The van der Waals surface area contributed by atoms with Crippen LogP contribution in [0, 0.1) is 18.8 Å². The second-order valence-electron chi connectivity index (χ2n) is 8.71. The van der Waals surface area contributed by atoms with E-state index in [2.05, 4.69) is 45.0 Å². The summed E-state index contributed by atoms with van der Waals surface area (Å²) in [6.07, 6.45) is 10.9. The van der Waals surface area contributed by atoms with E-state index < -0.39 is 0 Å². The van der Waals surface area contributed by atoms with E-state index in [1.165, 1.54) is 49.7 Å². The number of benzene rings is 1. The molecule has 2 nitrogen and oxygen atoms in total. The summed E-state index contributed by atoms with van der Waals surface area (Å²) >= 11 is 0. The van der Waals surface area contributed by atoms with Crippen molar-refractivity contribution in [2.24, 2.45) is 11.8 Å². The Bertz CT molecular complexity index is 544. The van der Waals surface area contributed by atoms with Crippen LogP contribution in [0.25, 0.3) is 0 Å². The number of hydrogen-bond donors (Lipinski definition) is 0. The van der Waals surface area contributed by atoms with Gasteiger partial charge in [0.2, 0.25) is 0 Å². The number of Topliss-reactive ketones (excluding diaryl/α,β-unsaturated/α-hetero) is 2. The lowest BCUT2D eigenvalue weighted by Crippen LogP contribution is -2.08. The maximum atomic E-state index is 11.0. The molecule has 27 heavy (non-hydrogen) atoms. The van der Waals surface area contributed by atoms with Crippen LogP contribution in [0.4, 0.5) is 0 Å². The summed E-state index contributed by atoms with van der Waals surface area (Å²) in [6, 6.07) is 8.71. The minimum absolute atomic E-state index is 0.350. The topological polar surface area (TPSA) is 34.1 Å². The second kappa shape index (κ2) is 12.9. The van der Waals surface area contributed by atoms with Crippen molar-refractivity contribution in [3.8, 4) is 0 Å². The number of rotatable bonds is 4. The molecule has 0 saturated heterocycles. The van der Waals surface area contributed by atoms with Gasteiger partial charge in [-0.05, 0) is 63.9 Å². The minimum atomic E-state index is 0.350. The Kier molecular flexibility index (Phi) is 11.2. The summed E-state index contributed by atoms with van der Waals surface area (Å²) in [5, 5.41) is 0. The van der Waals surface area contributed by atoms with Crippen molar-refractivity contribution in [2.45, 2.75) is 98.3 Å². The van der Waals surface area contributed by atoms with Crippen LogP contribution in [0.3, 0.4) is 0 Å². The van der Waals surface area contributed by atoms with Crippen LogP contribution in [-0.2, 0) is 9.59 Å². The Morgan fingerprint density at radius 2 is 1.41 bits per heavy atom. The van der Waals surface area contributed by atoms with Crippen molar-refractivity contribution >= 4 is 11.6 Å². The lowest BCUT2D eigenvalue weighted by Gasteiger charge is -2.07. The molecule has 0 aromatic heterocycles. The predicted octanol–water partition coefficient (Wildman–Crippen LogP) is 7.04. The van der Waals surface area contributed by atoms with Gasteiger partial charge in [-0.1, -0.05) is 69.4 Å². The van der Waals surface area contributed by atoms with E-state index in [9.17, 15) is 9.59 Å². The average Bonchev–Trinajstić information content (AvgIpc) is 3.42. The van der Waals surface area contributed by atoms with E-state index in [0.29, 0.717) is 23.4 Å². The summed E-state index contributed by atoms with van der Waals surface area (Å²) in [6.45, 7) is 9.94. The quantitative estimate of drug-likeness (QED) is 0.531. The second-order valence-corrected chi connectivity index (χ2v) is 8.71. The van der Waals surface area contributed by atoms with Gasteiger partial charge in [-0.25, -0.2) is 0 Å². The van der Waals surface area contributed by atoms with E-state index in [1.54, 1.807) is 13.8 Å². The molecule has 2 aliphatic rings. The fourth-order valence-corrected chi connectivity index (χ4v) is 3.37. The molecule has 1 aromatic rings. The Labute approximate surface area is 167 Å². The molecule has 2 heteroatoms. The molecule has 2 saturated carbocycles. The number of carbonyl (C=O) groups is 2. The third-order valence-electron chi connectivity index (χ3n) is 5.45. The Hall–Kier alpha value is -1.44. The van der Waals surface area contributed by atoms with Crippen LogP contribution in [0.1, 0.15) is 103 Å². The van der Waals surface area contributed by atoms with Crippen molar-refractivity contribution < 1.29 is 9.59 Å². The first-order chi connectivity index (χ1) is 12.8. The van der Waals surface area contributed by atoms with Gasteiger partial charge in [0, 0.05) is 12.3 Å². The zero-order valence-corrected chi connectivity index (χ0v) is 18.2. The van der Waals surface area contributed by atoms with E-state index in [1.807, 2.05) is 0 Å². The molecule has 2 aliphatic carbocycles. The third-order valence-corrected chi connectivity index (χ3v) is 5.45. The van der Waals surface area contributed by atoms with E-state index in [4.69, 9.17) is 0 Å². The zero-order valence-electron chi connectivity index (χ0n) is 18.2. The lowest BCUT2D eigenvalue weighted by molar-refractivity contribution is -0.121. The maximum absolute atomic E-state index is 11.0. The molecule has 0 amide bonds. The highest BCUT2D eigenvalue weighted by Gasteiger charge is 2.22. The first kappa shape index (κ1) is 23.6. The highest BCUT2D eigenvalue weighted by atomic mass is 16.1. The van der Waals surface area contributed by atoms with E-state index in [-0.39, 0.29) is 0 Å². The fraction of sp³-hybridized carbons (Fsp3) is 0.680.